The molecule has 0 spiro atoms. The van der Waals surface area contributed by atoms with Crippen LogP contribution in [0, 0.1) is 0 Å². The number of ether oxygens (including phenoxy) is 1. The van der Waals surface area contributed by atoms with E-state index < -0.39 is 0 Å². The number of anilines is 2. The summed E-state index contributed by atoms with van der Waals surface area (Å²) in [4.78, 5) is 24.9. The van der Waals surface area contributed by atoms with E-state index in [2.05, 4.69) is 16.0 Å². The second kappa shape index (κ2) is 11.4. The average molecular weight is 456 g/mol. The molecule has 0 saturated carbocycles. The van der Waals surface area contributed by atoms with Crippen molar-refractivity contribution in [2.45, 2.75) is 13.2 Å². The lowest BCUT2D eigenvalue weighted by molar-refractivity contribution is -0.114. The van der Waals surface area contributed by atoms with E-state index in [1.165, 1.54) is 0 Å². The Kier molecular flexibility index (Phi) is 7.58. The zero-order chi connectivity index (χ0) is 23.6. The molecule has 172 valence electrons. The summed E-state index contributed by atoms with van der Waals surface area (Å²) in [6.45, 7) is 0.739. The van der Waals surface area contributed by atoms with Crippen LogP contribution < -0.4 is 20.7 Å². The number of hydrogen-bond donors (Lipinski definition) is 3. The number of carbonyl (C=O) groups excluding carboxylic acids is 2. The first-order valence-corrected chi connectivity index (χ1v) is 10.9. The van der Waals surface area contributed by atoms with Gasteiger partial charge >= 0.3 is 0 Å². The van der Waals surface area contributed by atoms with Crippen LogP contribution in [0.5, 0.6) is 5.75 Å². The van der Waals surface area contributed by atoms with Gasteiger partial charge in [-0.3, -0.25) is 9.59 Å². The lowest BCUT2D eigenvalue weighted by Gasteiger charge is -2.13. The van der Waals surface area contributed by atoms with Gasteiger partial charge in [-0.1, -0.05) is 48.5 Å². The summed E-state index contributed by atoms with van der Waals surface area (Å²) in [6, 6.07) is 27.7. The van der Waals surface area contributed by atoms with E-state index >= 15 is 0 Å². The summed E-state index contributed by atoms with van der Waals surface area (Å²) >= 11 is 0. The minimum absolute atomic E-state index is 0.0322. The van der Waals surface area contributed by atoms with Gasteiger partial charge in [0.2, 0.25) is 5.91 Å². The van der Waals surface area contributed by atoms with Gasteiger partial charge in [0, 0.05) is 11.3 Å². The molecule has 0 aliphatic carbocycles. The smallest absolute Gasteiger partial charge is 0.251 e. The largest absolute Gasteiger partial charge is 0.487 e. The maximum absolute atomic E-state index is 12.5. The third kappa shape index (κ3) is 6.49. The molecular formula is C27H25N3O4. The van der Waals surface area contributed by atoms with Gasteiger partial charge in [-0.25, -0.2) is 0 Å². The SMILES string of the molecule is O=C(CNc1cccc(C(=O)NCc2ccco2)c1)Nc1ccccc1OCc1ccccc1. The van der Waals surface area contributed by atoms with Crippen LogP contribution in [-0.4, -0.2) is 18.4 Å². The minimum atomic E-state index is -0.233. The van der Waals surface area contributed by atoms with E-state index in [-0.39, 0.29) is 18.4 Å². The molecule has 0 aliphatic rings. The third-order valence-electron chi connectivity index (χ3n) is 4.98. The molecule has 0 atom stereocenters. The van der Waals surface area contributed by atoms with Gasteiger partial charge in [0.15, 0.2) is 0 Å². The Morgan fingerprint density at radius 1 is 0.853 bits per heavy atom. The number of hydrogen-bond acceptors (Lipinski definition) is 5. The molecule has 0 aliphatic heterocycles. The number of nitrogens with one attached hydrogen (secondary N) is 3. The second-order valence-corrected chi connectivity index (χ2v) is 7.52. The molecular weight excluding hydrogens is 430 g/mol. The average Bonchev–Trinajstić information content (AvgIpc) is 3.40. The molecule has 4 aromatic rings. The van der Waals surface area contributed by atoms with Gasteiger partial charge in [0.1, 0.15) is 18.1 Å². The topological polar surface area (TPSA) is 92.6 Å². The van der Waals surface area contributed by atoms with Crippen LogP contribution in [0.1, 0.15) is 21.7 Å². The van der Waals surface area contributed by atoms with Gasteiger partial charge in [-0.2, -0.15) is 0 Å². The van der Waals surface area contributed by atoms with Crippen molar-refractivity contribution in [1.29, 1.82) is 0 Å². The molecule has 1 aromatic heterocycles. The highest BCUT2D eigenvalue weighted by atomic mass is 16.5. The van der Waals surface area contributed by atoms with E-state index in [1.807, 2.05) is 48.5 Å². The molecule has 2 amide bonds. The third-order valence-corrected chi connectivity index (χ3v) is 4.98. The highest BCUT2D eigenvalue weighted by Crippen LogP contribution is 2.24. The number of benzene rings is 3. The predicted molar refractivity (Wildman–Crippen MR) is 131 cm³/mol. The van der Waals surface area contributed by atoms with Crippen LogP contribution >= 0.6 is 0 Å². The Hall–Kier alpha value is -4.52. The van der Waals surface area contributed by atoms with Crippen molar-refractivity contribution in [3.05, 3.63) is 114 Å². The van der Waals surface area contributed by atoms with Gasteiger partial charge < -0.3 is 25.1 Å². The maximum atomic E-state index is 12.5. The molecule has 7 heteroatoms. The summed E-state index contributed by atoms with van der Waals surface area (Å²) in [5.74, 6) is 0.805. The molecule has 34 heavy (non-hydrogen) atoms. The molecule has 3 N–H and O–H groups in total. The lowest BCUT2D eigenvalue weighted by Crippen LogP contribution is -2.24. The standard InChI is InChI=1S/C27H25N3O4/c31-26(30-24-13-4-5-14-25(24)34-19-20-8-2-1-3-9-20)18-28-22-11-6-10-21(16-22)27(32)29-17-23-12-7-15-33-23/h1-16,28H,17-19H2,(H,29,32)(H,30,31). The van der Waals surface area contributed by atoms with Gasteiger partial charge in [-0.15, -0.1) is 0 Å². The number of para-hydroxylation sites is 2. The Morgan fingerprint density at radius 3 is 2.50 bits per heavy atom. The molecule has 0 fully saturated rings. The summed E-state index contributed by atoms with van der Waals surface area (Å²) in [6.07, 6.45) is 1.56. The fraction of sp³-hybridized carbons (Fsp3) is 0.111. The van der Waals surface area contributed by atoms with Crippen molar-refractivity contribution in [3.63, 3.8) is 0 Å². The lowest BCUT2D eigenvalue weighted by atomic mass is 10.2. The molecule has 0 unspecified atom stereocenters. The van der Waals surface area contributed by atoms with Crippen molar-refractivity contribution < 1.29 is 18.7 Å². The molecule has 0 saturated heterocycles. The van der Waals surface area contributed by atoms with Crippen LogP contribution in [-0.2, 0) is 17.9 Å². The second-order valence-electron chi connectivity index (χ2n) is 7.52. The molecule has 0 bridgehead atoms. The van der Waals surface area contributed by atoms with E-state index in [9.17, 15) is 9.59 Å². The van der Waals surface area contributed by atoms with Gasteiger partial charge in [-0.05, 0) is 48.0 Å². The van der Waals surface area contributed by atoms with E-state index in [0.717, 1.165) is 5.56 Å². The van der Waals surface area contributed by atoms with Crippen LogP contribution in [0.4, 0.5) is 11.4 Å². The minimum Gasteiger partial charge on any atom is -0.487 e. The Morgan fingerprint density at radius 2 is 1.68 bits per heavy atom. The number of furan rings is 1. The maximum Gasteiger partial charge on any atom is 0.251 e. The summed E-state index contributed by atoms with van der Waals surface area (Å²) in [7, 11) is 0. The summed E-state index contributed by atoms with van der Waals surface area (Å²) in [5.41, 5.74) is 2.78. The van der Waals surface area contributed by atoms with Crippen LogP contribution in [0.25, 0.3) is 0 Å². The fourth-order valence-electron chi connectivity index (χ4n) is 3.26. The van der Waals surface area contributed by atoms with Crippen molar-refractivity contribution >= 4 is 23.2 Å². The molecule has 0 radical (unpaired) electrons. The van der Waals surface area contributed by atoms with E-state index in [1.54, 1.807) is 48.7 Å². The van der Waals surface area contributed by atoms with Crippen molar-refractivity contribution in [2.75, 3.05) is 17.2 Å². The zero-order valence-corrected chi connectivity index (χ0v) is 18.5. The summed E-state index contributed by atoms with van der Waals surface area (Å²) < 4.78 is 11.1. The van der Waals surface area contributed by atoms with Crippen molar-refractivity contribution in [2.24, 2.45) is 0 Å². The molecule has 3 aromatic carbocycles. The molecule has 4 rings (SSSR count). The number of carbonyl (C=O) groups is 2. The molecule has 7 nitrogen and oxygen atoms in total. The fourth-order valence-corrected chi connectivity index (χ4v) is 3.26. The first kappa shape index (κ1) is 22.7. The van der Waals surface area contributed by atoms with Crippen molar-refractivity contribution in [3.8, 4) is 5.75 Å². The van der Waals surface area contributed by atoms with Gasteiger partial charge in [0.05, 0.1) is 25.0 Å². The Labute approximate surface area is 197 Å². The van der Waals surface area contributed by atoms with Crippen LogP contribution in [0.15, 0.2) is 102 Å². The van der Waals surface area contributed by atoms with E-state index in [4.69, 9.17) is 9.15 Å². The normalized spacial score (nSPS) is 10.4. The highest BCUT2D eigenvalue weighted by Gasteiger charge is 2.10. The number of rotatable bonds is 10. The van der Waals surface area contributed by atoms with Gasteiger partial charge in [0.25, 0.3) is 5.91 Å². The highest BCUT2D eigenvalue weighted by molar-refractivity contribution is 5.96. The van der Waals surface area contributed by atoms with Crippen LogP contribution in [0.2, 0.25) is 0 Å². The monoisotopic (exact) mass is 455 g/mol. The number of amides is 2. The Bertz CT molecular complexity index is 1220. The zero-order valence-electron chi connectivity index (χ0n) is 18.5. The predicted octanol–water partition coefficient (Wildman–Crippen LogP) is 4.84. The first-order chi connectivity index (χ1) is 16.7. The quantitative estimate of drug-likeness (QED) is 0.318. The Balaban J connectivity index is 1.29. The van der Waals surface area contributed by atoms with E-state index in [0.29, 0.717) is 41.6 Å². The first-order valence-electron chi connectivity index (χ1n) is 10.9. The molecule has 1 heterocycles. The summed E-state index contributed by atoms with van der Waals surface area (Å²) in [5, 5.41) is 8.73. The van der Waals surface area contributed by atoms with Crippen LogP contribution in [0.3, 0.4) is 0 Å². The van der Waals surface area contributed by atoms with Crippen molar-refractivity contribution in [1.82, 2.24) is 5.32 Å².